The maximum Gasteiger partial charge on any atom is 0.123 e. The quantitative estimate of drug-likeness (QED) is 0.914. The molecule has 2 aromatic carbocycles. The molecular formula is C15H16ClNO. The lowest BCUT2D eigenvalue weighted by Gasteiger charge is -2.16. The van der Waals surface area contributed by atoms with E-state index in [0.717, 1.165) is 27.5 Å². The first-order valence-electron chi connectivity index (χ1n) is 5.78. The Hall–Kier alpha value is -1.51. The molecule has 0 aromatic heterocycles. The standard InChI is InChI=1S/C15H16ClNO/c1-10-9-11(7-8-13(10)16)15(17)12-5-3-4-6-14(12)18-2/h3-9,15H,17H2,1-2H3. The third-order valence-corrected chi connectivity index (χ3v) is 3.44. The number of ether oxygens (including phenoxy) is 1. The van der Waals surface area contributed by atoms with Gasteiger partial charge < -0.3 is 10.5 Å². The highest BCUT2D eigenvalue weighted by Crippen LogP contribution is 2.29. The summed E-state index contributed by atoms with van der Waals surface area (Å²) in [7, 11) is 1.65. The van der Waals surface area contributed by atoms with Crippen molar-refractivity contribution in [2.45, 2.75) is 13.0 Å². The van der Waals surface area contributed by atoms with E-state index in [1.165, 1.54) is 0 Å². The first-order valence-corrected chi connectivity index (χ1v) is 6.16. The highest BCUT2D eigenvalue weighted by molar-refractivity contribution is 6.31. The largest absolute Gasteiger partial charge is 0.496 e. The first kappa shape index (κ1) is 12.9. The van der Waals surface area contributed by atoms with Crippen molar-refractivity contribution >= 4 is 11.6 Å². The smallest absolute Gasteiger partial charge is 0.123 e. The van der Waals surface area contributed by atoms with Crippen LogP contribution < -0.4 is 10.5 Å². The van der Waals surface area contributed by atoms with Gasteiger partial charge in [0, 0.05) is 10.6 Å². The summed E-state index contributed by atoms with van der Waals surface area (Å²) < 4.78 is 5.34. The molecule has 0 amide bonds. The number of para-hydroxylation sites is 1. The van der Waals surface area contributed by atoms with Gasteiger partial charge in [0.1, 0.15) is 5.75 Å². The Morgan fingerprint density at radius 3 is 2.56 bits per heavy atom. The molecule has 2 nitrogen and oxygen atoms in total. The van der Waals surface area contributed by atoms with Crippen molar-refractivity contribution in [2.24, 2.45) is 5.73 Å². The van der Waals surface area contributed by atoms with Crippen LogP contribution in [0.3, 0.4) is 0 Å². The Kier molecular flexibility index (Phi) is 3.90. The summed E-state index contributed by atoms with van der Waals surface area (Å²) in [5, 5.41) is 0.756. The molecular weight excluding hydrogens is 246 g/mol. The topological polar surface area (TPSA) is 35.2 Å². The minimum absolute atomic E-state index is 0.211. The maximum absolute atomic E-state index is 6.29. The number of aryl methyl sites for hydroxylation is 1. The van der Waals surface area contributed by atoms with E-state index in [4.69, 9.17) is 22.1 Å². The molecule has 1 unspecified atom stereocenters. The van der Waals surface area contributed by atoms with Crippen LogP contribution in [-0.2, 0) is 0 Å². The van der Waals surface area contributed by atoms with Gasteiger partial charge in [-0.2, -0.15) is 0 Å². The SMILES string of the molecule is COc1ccccc1C(N)c1ccc(Cl)c(C)c1. The molecule has 0 aliphatic carbocycles. The molecule has 0 saturated carbocycles. The number of nitrogens with two attached hydrogens (primary N) is 1. The Morgan fingerprint density at radius 1 is 1.17 bits per heavy atom. The average Bonchev–Trinajstić information content (AvgIpc) is 2.41. The molecule has 0 aliphatic heterocycles. The second-order valence-corrected chi connectivity index (χ2v) is 4.64. The first-order chi connectivity index (χ1) is 8.63. The van der Waals surface area contributed by atoms with E-state index in [-0.39, 0.29) is 6.04 Å². The van der Waals surface area contributed by atoms with Gasteiger partial charge in [-0.1, -0.05) is 41.9 Å². The summed E-state index contributed by atoms with van der Waals surface area (Å²) in [5.74, 6) is 0.803. The van der Waals surface area contributed by atoms with Crippen molar-refractivity contribution in [2.75, 3.05) is 7.11 Å². The molecule has 0 radical (unpaired) electrons. The Balaban J connectivity index is 2.41. The molecule has 0 saturated heterocycles. The lowest BCUT2D eigenvalue weighted by molar-refractivity contribution is 0.408. The van der Waals surface area contributed by atoms with Crippen molar-refractivity contribution in [3.63, 3.8) is 0 Å². The molecule has 0 aliphatic rings. The number of methoxy groups -OCH3 is 1. The number of rotatable bonds is 3. The Morgan fingerprint density at radius 2 is 1.89 bits per heavy atom. The molecule has 0 spiro atoms. The monoisotopic (exact) mass is 261 g/mol. The predicted octanol–water partition coefficient (Wildman–Crippen LogP) is 3.71. The average molecular weight is 262 g/mol. The molecule has 2 N–H and O–H groups in total. The zero-order chi connectivity index (χ0) is 13.1. The molecule has 18 heavy (non-hydrogen) atoms. The Bertz CT molecular complexity index is 554. The fourth-order valence-corrected chi connectivity index (χ4v) is 2.08. The van der Waals surface area contributed by atoms with Crippen LogP contribution in [0.5, 0.6) is 5.75 Å². The van der Waals surface area contributed by atoms with E-state index in [1.54, 1.807) is 7.11 Å². The van der Waals surface area contributed by atoms with E-state index in [0.29, 0.717) is 0 Å². The third-order valence-electron chi connectivity index (χ3n) is 3.02. The van der Waals surface area contributed by atoms with Gasteiger partial charge >= 0.3 is 0 Å². The van der Waals surface area contributed by atoms with E-state index in [2.05, 4.69) is 0 Å². The highest BCUT2D eigenvalue weighted by atomic mass is 35.5. The molecule has 2 aromatic rings. The number of hydrogen-bond acceptors (Lipinski definition) is 2. The molecule has 0 heterocycles. The molecule has 94 valence electrons. The molecule has 1 atom stereocenters. The summed E-state index contributed by atoms with van der Waals surface area (Å²) in [5.41, 5.74) is 9.32. The zero-order valence-corrected chi connectivity index (χ0v) is 11.2. The summed E-state index contributed by atoms with van der Waals surface area (Å²) in [6.07, 6.45) is 0. The number of hydrogen-bond donors (Lipinski definition) is 1. The molecule has 0 fully saturated rings. The van der Waals surface area contributed by atoms with Gasteiger partial charge in [-0.05, 0) is 30.2 Å². The minimum atomic E-state index is -0.211. The van der Waals surface area contributed by atoms with Crippen molar-refractivity contribution < 1.29 is 4.74 Å². The van der Waals surface area contributed by atoms with Crippen LogP contribution in [0.4, 0.5) is 0 Å². The minimum Gasteiger partial charge on any atom is -0.496 e. The van der Waals surface area contributed by atoms with Gasteiger partial charge in [-0.25, -0.2) is 0 Å². The van der Waals surface area contributed by atoms with E-state index in [9.17, 15) is 0 Å². The summed E-state index contributed by atoms with van der Waals surface area (Å²) in [4.78, 5) is 0. The van der Waals surface area contributed by atoms with Crippen LogP contribution >= 0.6 is 11.6 Å². The van der Waals surface area contributed by atoms with Crippen molar-refractivity contribution in [3.8, 4) is 5.75 Å². The lowest BCUT2D eigenvalue weighted by Crippen LogP contribution is -2.13. The van der Waals surface area contributed by atoms with Crippen LogP contribution in [0, 0.1) is 6.92 Å². The maximum atomic E-state index is 6.29. The number of benzene rings is 2. The van der Waals surface area contributed by atoms with Gasteiger partial charge in [-0.3, -0.25) is 0 Å². The van der Waals surface area contributed by atoms with Gasteiger partial charge in [0.2, 0.25) is 0 Å². The van der Waals surface area contributed by atoms with Crippen LogP contribution in [0.2, 0.25) is 5.02 Å². The van der Waals surface area contributed by atoms with Crippen LogP contribution in [0.15, 0.2) is 42.5 Å². The van der Waals surface area contributed by atoms with Crippen LogP contribution in [0.25, 0.3) is 0 Å². The highest BCUT2D eigenvalue weighted by Gasteiger charge is 2.14. The normalized spacial score (nSPS) is 12.2. The van der Waals surface area contributed by atoms with Gasteiger partial charge in [0.05, 0.1) is 13.2 Å². The Labute approximate surface area is 112 Å². The summed E-state index contributed by atoms with van der Waals surface area (Å²) in [6.45, 7) is 1.97. The fourth-order valence-electron chi connectivity index (χ4n) is 1.96. The molecule has 0 bridgehead atoms. The second-order valence-electron chi connectivity index (χ2n) is 4.23. The predicted molar refractivity (Wildman–Crippen MR) is 75.2 cm³/mol. The summed E-state index contributed by atoms with van der Waals surface area (Å²) in [6, 6.07) is 13.4. The molecule has 3 heteroatoms. The van der Waals surface area contributed by atoms with E-state index in [1.807, 2.05) is 49.4 Å². The van der Waals surface area contributed by atoms with Crippen molar-refractivity contribution in [1.82, 2.24) is 0 Å². The van der Waals surface area contributed by atoms with Gasteiger partial charge in [-0.15, -0.1) is 0 Å². The zero-order valence-electron chi connectivity index (χ0n) is 10.5. The third kappa shape index (κ3) is 2.50. The fraction of sp³-hybridized carbons (Fsp3) is 0.200. The second kappa shape index (κ2) is 5.42. The van der Waals surface area contributed by atoms with Crippen LogP contribution in [0.1, 0.15) is 22.7 Å². The summed E-state index contributed by atoms with van der Waals surface area (Å²) >= 11 is 6.02. The lowest BCUT2D eigenvalue weighted by atomic mass is 9.97. The van der Waals surface area contributed by atoms with E-state index >= 15 is 0 Å². The van der Waals surface area contributed by atoms with Crippen molar-refractivity contribution in [3.05, 3.63) is 64.2 Å². The van der Waals surface area contributed by atoms with Crippen molar-refractivity contribution in [1.29, 1.82) is 0 Å². The van der Waals surface area contributed by atoms with Gasteiger partial charge in [0.15, 0.2) is 0 Å². The van der Waals surface area contributed by atoms with E-state index < -0.39 is 0 Å². The van der Waals surface area contributed by atoms with Gasteiger partial charge in [0.25, 0.3) is 0 Å². The van der Waals surface area contributed by atoms with Crippen LogP contribution in [-0.4, -0.2) is 7.11 Å². The molecule has 2 rings (SSSR count). The number of halogens is 1.